The molecule has 130 valence electrons. The van der Waals surface area contributed by atoms with Crippen LogP contribution in [0.2, 0.25) is 10.0 Å². The number of carbonyl (C=O) groups excluding carboxylic acids is 1. The van der Waals surface area contributed by atoms with Gasteiger partial charge in [-0.05, 0) is 36.8 Å². The van der Waals surface area contributed by atoms with Crippen LogP contribution in [0.4, 0.5) is 5.69 Å². The van der Waals surface area contributed by atoms with Crippen molar-refractivity contribution in [1.82, 2.24) is 9.38 Å². The van der Waals surface area contributed by atoms with Crippen LogP contribution in [-0.4, -0.2) is 22.4 Å². The van der Waals surface area contributed by atoms with Crippen molar-refractivity contribution in [2.24, 2.45) is 0 Å². The average molecular weight is 378 g/mol. The molecule has 0 spiro atoms. The Kier molecular flexibility index (Phi) is 5.16. The van der Waals surface area contributed by atoms with Gasteiger partial charge in [0.15, 0.2) is 0 Å². The van der Waals surface area contributed by atoms with E-state index < -0.39 is 0 Å². The number of pyridine rings is 1. The van der Waals surface area contributed by atoms with E-state index in [1.165, 1.54) is 0 Å². The maximum Gasteiger partial charge on any atom is 0.274 e. The van der Waals surface area contributed by atoms with Gasteiger partial charge >= 0.3 is 0 Å². The second-order valence-electron chi connectivity index (χ2n) is 5.54. The zero-order valence-corrected chi connectivity index (χ0v) is 15.4. The summed E-state index contributed by atoms with van der Waals surface area (Å²) in [5.74, 6) is 0.285. The van der Waals surface area contributed by atoms with Gasteiger partial charge in [0.05, 0.1) is 22.8 Å². The van der Waals surface area contributed by atoms with Gasteiger partial charge in [0.25, 0.3) is 5.91 Å². The number of methoxy groups -OCH3 is 1. The molecular weight excluding hydrogens is 361 g/mol. The third kappa shape index (κ3) is 3.57. The normalized spacial score (nSPS) is 10.9. The molecule has 0 atom stereocenters. The summed E-state index contributed by atoms with van der Waals surface area (Å²) in [5.41, 5.74) is 2.48. The van der Waals surface area contributed by atoms with Gasteiger partial charge in [0.2, 0.25) is 0 Å². The van der Waals surface area contributed by atoms with E-state index in [0.29, 0.717) is 39.2 Å². The molecular formula is C18H17Cl2N3O2. The SMILES string of the molecule is CCCc1nc2ccc(Cl)cn2c1C(=O)Nc1ccc(OC)c(Cl)c1. The number of hydrogen-bond acceptors (Lipinski definition) is 3. The van der Waals surface area contributed by atoms with Gasteiger partial charge in [-0.15, -0.1) is 0 Å². The van der Waals surface area contributed by atoms with Gasteiger partial charge in [0.1, 0.15) is 17.1 Å². The monoisotopic (exact) mass is 377 g/mol. The molecule has 0 saturated heterocycles. The average Bonchev–Trinajstić information content (AvgIpc) is 2.92. The van der Waals surface area contributed by atoms with Crippen LogP contribution in [0.5, 0.6) is 5.75 Å². The molecule has 3 rings (SSSR count). The highest BCUT2D eigenvalue weighted by Gasteiger charge is 2.19. The second-order valence-corrected chi connectivity index (χ2v) is 6.38. The number of benzene rings is 1. The first-order valence-electron chi connectivity index (χ1n) is 7.85. The summed E-state index contributed by atoms with van der Waals surface area (Å²) in [4.78, 5) is 17.4. The van der Waals surface area contributed by atoms with Crippen LogP contribution in [0.1, 0.15) is 29.5 Å². The summed E-state index contributed by atoms with van der Waals surface area (Å²) in [6.07, 6.45) is 3.27. The number of rotatable bonds is 5. The van der Waals surface area contributed by atoms with Crippen LogP contribution in [0, 0.1) is 0 Å². The van der Waals surface area contributed by atoms with Crippen molar-refractivity contribution in [3.63, 3.8) is 0 Å². The van der Waals surface area contributed by atoms with E-state index in [9.17, 15) is 4.79 Å². The van der Waals surface area contributed by atoms with Crippen LogP contribution < -0.4 is 10.1 Å². The first kappa shape index (κ1) is 17.6. The highest BCUT2D eigenvalue weighted by molar-refractivity contribution is 6.32. The van der Waals surface area contributed by atoms with Crippen LogP contribution in [0.3, 0.4) is 0 Å². The zero-order chi connectivity index (χ0) is 18.0. The van der Waals surface area contributed by atoms with Crippen molar-refractivity contribution in [3.8, 4) is 5.75 Å². The summed E-state index contributed by atoms with van der Waals surface area (Å²) in [6, 6.07) is 8.63. The number of nitrogens with zero attached hydrogens (tertiary/aromatic N) is 2. The standard InChI is InChI=1S/C18H17Cl2N3O2/c1-3-4-14-17(23-10-11(19)5-8-16(23)22-14)18(24)21-12-6-7-15(25-2)13(20)9-12/h5-10H,3-4H2,1-2H3,(H,21,24). The lowest BCUT2D eigenvalue weighted by Gasteiger charge is -2.09. The van der Waals surface area contributed by atoms with Gasteiger partial charge in [-0.1, -0.05) is 36.5 Å². The molecule has 1 aromatic carbocycles. The molecule has 0 aliphatic rings. The maximum atomic E-state index is 12.9. The third-order valence-electron chi connectivity index (χ3n) is 3.77. The number of halogens is 2. The Morgan fingerprint density at radius 2 is 2.08 bits per heavy atom. The van der Waals surface area contributed by atoms with Crippen LogP contribution >= 0.6 is 23.2 Å². The van der Waals surface area contributed by atoms with E-state index in [1.807, 2.05) is 6.92 Å². The molecule has 5 nitrogen and oxygen atoms in total. The summed E-state index contributed by atoms with van der Waals surface area (Å²) < 4.78 is 6.84. The number of imidazole rings is 1. The first-order chi connectivity index (χ1) is 12.0. The first-order valence-corrected chi connectivity index (χ1v) is 8.60. The smallest absolute Gasteiger partial charge is 0.274 e. The lowest BCUT2D eigenvalue weighted by atomic mass is 10.2. The minimum Gasteiger partial charge on any atom is -0.495 e. The number of carbonyl (C=O) groups is 1. The van der Waals surface area contributed by atoms with Crippen molar-refractivity contribution < 1.29 is 9.53 Å². The Morgan fingerprint density at radius 3 is 2.76 bits per heavy atom. The van der Waals surface area contributed by atoms with Crippen LogP contribution in [0.25, 0.3) is 5.65 Å². The van der Waals surface area contributed by atoms with Crippen molar-refractivity contribution in [2.45, 2.75) is 19.8 Å². The quantitative estimate of drug-likeness (QED) is 0.690. The molecule has 0 radical (unpaired) electrons. The van der Waals surface area contributed by atoms with E-state index >= 15 is 0 Å². The highest BCUT2D eigenvalue weighted by atomic mass is 35.5. The predicted molar refractivity (Wildman–Crippen MR) is 100 cm³/mol. The molecule has 0 aliphatic carbocycles. The Bertz CT molecular complexity index is 937. The fraction of sp³-hybridized carbons (Fsp3) is 0.222. The molecule has 0 bridgehead atoms. The van der Waals surface area contributed by atoms with Gasteiger partial charge < -0.3 is 10.1 Å². The van der Waals surface area contributed by atoms with Gasteiger partial charge in [0, 0.05) is 11.9 Å². The molecule has 0 unspecified atom stereocenters. The summed E-state index contributed by atoms with van der Waals surface area (Å²) in [6.45, 7) is 2.04. The number of aryl methyl sites for hydroxylation is 1. The topological polar surface area (TPSA) is 55.6 Å². The van der Waals surface area contributed by atoms with Crippen molar-refractivity contribution in [1.29, 1.82) is 0 Å². The Hall–Kier alpha value is -2.24. The van der Waals surface area contributed by atoms with E-state index in [1.54, 1.807) is 48.0 Å². The molecule has 2 heterocycles. The minimum atomic E-state index is -0.264. The lowest BCUT2D eigenvalue weighted by molar-refractivity contribution is 0.102. The number of ether oxygens (including phenoxy) is 1. The van der Waals surface area contributed by atoms with E-state index in [0.717, 1.165) is 12.1 Å². The molecule has 1 N–H and O–H groups in total. The molecule has 7 heteroatoms. The Balaban J connectivity index is 1.99. The summed E-state index contributed by atoms with van der Waals surface area (Å²) >= 11 is 12.2. The molecule has 0 aliphatic heterocycles. The predicted octanol–water partition coefficient (Wildman–Crippen LogP) is 4.85. The van der Waals surface area contributed by atoms with Crippen molar-refractivity contribution in [2.75, 3.05) is 12.4 Å². The molecule has 0 saturated carbocycles. The molecule has 0 fully saturated rings. The fourth-order valence-electron chi connectivity index (χ4n) is 2.65. The number of hydrogen-bond donors (Lipinski definition) is 1. The number of amides is 1. The number of aromatic nitrogens is 2. The van der Waals surface area contributed by atoms with Gasteiger partial charge in [-0.2, -0.15) is 0 Å². The lowest BCUT2D eigenvalue weighted by Crippen LogP contribution is -2.16. The Morgan fingerprint density at radius 1 is 1.28 bits per heavy atom. The van der Waals surface area contributed by atoms with Crippen molar-refractivity contribution in [3.05, 3.63) is 58.0 Å². The molecule has 1 amide bonds. The molecule has 3 aromatic rings. The van der Waals surface area contributed by atoms with Gasteiger partial charge in [-0.25, -0.2) is 4.98 Å². The van der Waals surface area contributed by atoms with Crippen LogP contribution in [-0.2, 0) is 6.42 Å². The molecule has 2 aromatic heterocycles. The second kappa shape index (κ2) is 7.33. The number of anilines is 1. The third-order valence-corrected chi connectivity index (χ3v) is 4.29. The number of nitrogens with one attached hydrogen (secondary N) is 1. The zero-order valence-electron chi connectivity index (χ0n) is 13.8. The van der Waals surface area contributed by atoms with E-state index in [-0.39, 0.29) is 5.91 Å². The van der Waals surface area contributed by atoms with Crippen LogP contribution in [0.15, 0.2) is 36.5 Å². The largest absolute Gasteiger partial charge is 0.495 e. The highest BCUT2D eigenvalue weighted by Crippen LogP contribution is 2.28. The number of fused-ring (bicyclic) bond motifs is 1. The Labute approximate surface area is 155 Å². The van der Waals surface area contributed by atoms with E-state index in [2.05, 4.69) is 10.3 Å². The molecule has 25 heavy (non-hydrogen) atoms. The minimum absolute atomic E-state index is 0.264. The van der Waals surface area contributed by atoms with Crippen molar-refractivity contribution >= 4 is 40.4 Å². The summed E-state index contributed by atoms with van der Waals surface area (Å²) in [7, 11) is 1.54. The maximum absolute atomic E-state index is 12.9. The summed E-state index contributed by atoms with van der Waals surface area (Å²) in [5, 5.41) is 3.83. The van der Waals surface area contributed by atoms with E-state index in [4.69, 9.17) is 27.9 Å². The van der Waals surface area contributed by atoms with Gasteiger partial charge in [-0.3, -0.25) is 9.20 Å². The fourth-order valence-corrected chi connectivity index (χ4v) is 3.07.